The number of amides is 1. The van der Waals surface area contributed by atoms with Crippen molar-refractivity contribution in [2.24, 2.45) is 0 Å². The molecule has 0 bridgehead atoms. The number of anilines is 1. The number of hydrogen-bond donors (Lipinski definition) is 0. The molecule has 2 aromatic heterocycles. The lowest BCUT2D eigenvalue weighted by atomic mass is 9.93. The first kappa shape index (κ1) is 18.4. The van der Waals surface area contributed by atoms with Crippen molar-refractivity contribution < 1.29 is 9.18 Å². The minimum atomic E-state index is -0.414. The van der Waals surface area contributed by atoms with Crippen molar-refractivity contribution in [3.8, 4) is 5.69 Å². The second-order valence-electron chi connectivity index (χ2n) is 7.42. The van der Waals surface area contributed by atoms with Crippen molar-refractivity contribution >= 4 is 11.7 Å². The summed E-state index contributed by atoms with van der Waals surface area (Å²) in [6.45, 7) is 1.97. The lowest BCUT2D eigenvalue weighted by Crippen LogP contribution is -2.42. The van der Waals surface area contributed by atoms with Gasteiger partial charge in [0.25, 0.3) is 5.91 Å². The average Bonchev–Trinajstić information content (AvgIpc) is 3.25. The number of hydrogen-bond acceptors (Lipinski definition) is 2. The summed E-state index contributed by atoms with van der Waals surface area (Å²) in [5.74, 6) is 0.0288. The Labute approximate surface area is 164 Å². The predicted molar refractivity (Wildman–Crippen MR) is 108 cm³/mol. The maximum Gasteiger partial charge on any atom is 0.259 e. The lowest BCUT2D eigenvalue weighted by molar-refractivity contribution is 0.0969. The Morgan fingerprint density at radius 1 is 1.11 bits per heavy atom. The molecule has 144 valence electrons. The summed E-state index contributed by atoms with van der Waals surface area (Å²) in [6.07, 6.45) is 10.6. The molecule has 0 unspecified atom stereocenters. The van der Waals surface area contributed by atoms with E-state index in [1.165, 1.54) is 12.5 Å². The van der Waals surface area contributed by atoms with E-state index in [-0.39, 0.29) is 11.9 Å². The van der Waals surface area contributed by atoms with Crippen molar-refractivity contribution in [3.05, 3.63) is 78.0 Å². The highest BCUT2D eigenvalue weighted by atomic mass is 19.1. The van der Waals surface area contributed by atoms with E-state index in [9.17, 15) is 9.18 Å². The molecule has 0 saturated heterocycles. The zero-order valence-electron chi connectivity index (χ0n) is 16.0. The number of benzene rings is 1. The van der Waals surface area contributed by atoms with Crippen LogP contribution in [-0.2, 0) is 0 Å². The van der Waals surface area contributed by atoms with E-state index in [0.717, 1.165) is 31.2 Å². The highest BCUT2D eigenvalue weighted by Crippen LogP contribution is 2.28. The van der Waals surface area contributed by atoms with E-state index in [2.05, 4.69) is 4.98 Å². The molecule has 1 amide bonds. The number of halogens is 1. The third-order valence-electron chi connectivity index (χ3n) is 5.38. The van der Waals surface area contributed by atoms with E-state index < -0.39 is 5.82 Å². The van der Waals surface area contributed by atoms with Gasteiger partial charge in [-0.2, -0.15) is 0 Å². The van der Waals surface area contributed by atoms with Gasteiger partial charge in [0.05, 0.1) is 5.69 Å². The molecule has 2 heterocycles. The fourth-order valence-electron chi connectivity index (χ4n) is 3.88. The minimum Gasteiger partial charge on any atom is -0.321 e. The largest absolute Gasteiger partial charge is 0.321 e. The van der Waals surface area contributed by atoms with Gasteiger partial charge >= 0.3 is 0 Å². The lowest BCUT2D eigenvalue weighted by Gasteiger charge is -2.33. The van der Waals surface area contributed by atoms with Crippen LogP contribution in [0, 0.1) is 12.7 Å². The number of aryl methyl sites for hydroxylation is 1. The summed E-state index contributed by atoms with van der Waals surface area (Å²) in [4.78, 5) is 19.6. The molecule has 1 aliphatic rings. The number of carbonyl (C=O) groups excluding carboxylic acids is 1. The van der Waals surface area contributed by atoms with Crippen LogP contribution >= 0.6 is 0 Å². The smallest absolute Gasteiger partial charge is 0.259 e. The van der Waals surface area contributed by atoms with Crippen LogP contribution in [0.25, 0.3) is 5.69 Å². The first-order chi connectivity index (χ1) is 13.6. The van der Waals surface area contributed by atoms with Crippen LogP contribution in [0.3, 0.4) is 0 Å². The average molecular weight is 377 g/mol. The Balaban J connectivity index is 1.68. The molecule has 4 nitrogen and oxygen atoms in total. The summed E-state index contributed by atoms with van der Waals surface area (Å²) < 4.78 is 16.4. The molecule has 1 fully saturated rings. The van der Waals surface area contributed by atoms with E-state index >= 15 is 0 Å². The third kappa shape index (κ3) is 3.70. The second-order valence-corrected chi connectivity index (χ2v) is 7.42. The third-order valence-corrected chi connectivity index (χ3v) is 5.38. The fraction of sp³-hybridized carbons (Fsp3) is 0.304. The predicted octanol–water partition coefficient (Wildman–Crippen LogP) is 5.30. The van der Waals surface area contributed by atoms with E-state index in [4.69, 9.17) is 0 Å². The van der Waals surface area contributed by atoms with Crippen LogP contribution < -0.4 is 4.90 Å². The normalized spacial score (nSPS) is 14.8. The molecule has 1 saturated carbocycles. The summed E-state index contributed by atoms with van der Waals surface area (Å²) in [7, 11) is 0. The summed E-state index contributed by atoms with van der Waals surface area (Å²) in [5.41, 5.74) is 1.82. The first-order valence-electron chi connectivity index (χ1n) is 9.82. The van der Waals surface area contributed by atoms with Gasteiger partial charge in [-0.1, -0.05) is 25.3 Å². The first-order valence-corrected chi connectivity index (χ1v) is 9.82. The highest BCUT2D eigenvalue weighted by Gasteiger charge is 2.29. The van der Waals surface area contributed by atoms with Crippen molar-refractivity contribution in [2.75, 3.05) is 4.90 Å². The number of nitrogens with zero attached hydrogens (tertiary/aromatic N) is 3. The van der Waals surface area contributed by atoms with Gasteiger partial charge in [-0.15, -0.1) is 0 Å². The summed E-state index contributed by atoms with van der Waals surface area (Å²) in [6, 6.07) is 12.3. The molecule has 0 aliphatic heterocycles. The number of aromatic nitrogens is 2. The summed E-state index contributed by atoms with van der Waals surface area (Å²) >= 11 is 0. The van der Waals surface area contributed by atoms with Crippen molar-refractivity contribution in [1.82, 2.24) is 9.55 Å². The molecule has 3 aromatic rings. The molecular weight excluding hydrogens is 353 g/mol. The van der Waals surface area contributed by atoms with Crippen molar-refractivity contribution in [2.45, 2.75) is 45.1 Å². The molecular formula is C23H24FN3O. The molecule has 0 N–H and O–H groups in total. The second kappa shape index (κ2) is 7.97. The topological polar surface area (TPSA) is 38.1 Å². The molecule has 5 heteroatoms. The van der Waals surface area contributed by atoms with Crippen LogP contribution in [0.4, 0.5) is 10.2 Å². The number of pyridine rings is 1. The highest BCUT2D eigenvalue weighted by molar-refractivity contribution is 6.06. The Bertz CT molecular complexity index is 944. The standard InChI is InChI=1S/C23H24FN3O/c1-17-9-12-22(25-16-17)27(19-7-3-2-4-8-19)23(28)18-10-11-21(20(24)15-18)26-13-5-6-14-26/h5-6,9-16,19H,2-4,7-8H2,1H3. The van der Waals surface area contributed by atoms with Crippen molar-refractivity contribution in [1.29, 1.82) is 0 Å². The summed E-state index contributed by atoms with van der Waals surface area (Å²) in [5, 5.41) is 0. The van der Waals surface area contributed by atoms with Crippen LogP contribution in [0.5, 0.6) is 0 Å². The van der Waals surface area contributed by atoms with Crippen molar-refractivity contribution in [3.63, 3.8) is 0 Å². The van der Waals surface area contributed by atoms with Crippen LogP contribution in [-0.4, -0.2) is 21.5 Å². The quantitative estimate of drug-likeness (QED) is 0.619. The molecule has 0 spiro atoms. The Morgan fingerprint density at radius 2 is 1.86 bits per heavy atom. The SMILES string of the molecule is Cc1ccc(N(C(=O)c2ccc(-n3cccc3)c(F)c2)C2CCCCC2)nc1. The maximum absolute atomic E-state index is 14.7. The van der Waals surface area contributed by atoms with Gasteiger partial charge in [-0.25, -0.2) is 9.37 Å². The zero-order valence-corrected chi connectivity index (χ0v) is 16.0. The van der Waals surface area contributed by atoms with Gasteiger partial charge in [0, 0.05) is 30.2 Å². The van der Waals surface area contributed by atoms with Crippen LogP contribution in [0.1, 0.15) is 48.0 Å². The van der Waals surface area contributed by atoms with E-state index in [1.807, 2.05) is 31.2 Å². The van der Waals surface area contributed by atoms with Gasteiger partial charge in [0.2, 0.25) is 0 Å². The van der Waals surface area contributed by atoms with Gasteiger partial charge in [0.15, 0.2) is 0 Å². The number of carbonyl (C=O) groups is 1. The van der Waals surface area contributed by atoms with E-state index in [1.54, 1.807) is 40.2 Å². The van der Waals surface area contributed by atoms with Crippen LogP contribution in [0.15, 0.2) is 61.1 Å². The van der Waals surface area contributed by atoms with Gasteiger partial charge in [0.1, 0.15) is 11.6 Å². The minimum absolute atomic E-state index is 0.101. The fourth-order valence-corrected chi connectivity index (χ4v) is 3.88. The Hall–Kier alpha value is -2.95. The Morgan fingerprint density at radius 3 is 2.50 bits per heavy atom. The molecule has 0 atom stereocenters. The zero-order chi connectivity index (χ0) is 19.5. The maximum atomic E-state index is 14.7. The molecule has 28 heavy (non-hydrogen) atoms. The van der Waals surface area contributed by atoms with Gasteiger partial charge < -0.3 is 4.57 Å². The molecule has 0 radical (unpaired) electrons. The number of rotatable bonds is 4. The van der Waals surface area contributed by atoms with Gasteiger partial charge in [-0.3, -0.25) is 9.69 Å². The Kier molecular flexibility index (Phi) is 5.24. The van der Waals surface area contributed by atoms with Crippen LogP contribution in [0.2, 0.25) is 0 Å². The molecule has 4 rings (SSSR count). The molecule has 1 aliphatic carbocycles. The monoisotopic (exact) mass is 377 g/mol. The van der Waals surface area contributed by atoms with Gasteiger partial charge in [-0.05, 0) is 61.7 Å². The van der Waals surface area contributed by atoms with E-state index in [0.29, 0.717) is 17.1 Å². The molecule has 1 aromatic carbocycles.